The fraction of sp³-hybridized carbons (Fsp3) is 0.0769. The van der Waals surface area contributed by atoms with Crippen molar-refractivity contribution in [3.05, 3.63) is 53.5 Å². The molecule has 0 aliphatic carbocycles. The van der Waals surface area contributed by atoms with Crippen molar-refractivity contribution >= 4 is 22.4 Å². The molecule has 90 valence electrons. The third kappa shape index (κ3) is 1.75. The molecule has 1 aromatic carbocycles. The van der Waals surface area contributed by atoms with Gasteiger partial charge in [0.15, 0.2) is 0 Å². The molecular formula is C13H9ClFN3. The number of nitrogens with zero attached hydrogens (tertiary/aromatic N) is 3. The molecular weight excluding hydrogens is 253 g/mol. The van der Waals surface area contributed by atoms with Gasteiger partial charge in [0.25, 0.3) is 0 Å². The van der Waals surface area contributed by atoms with Crippen molar-refractivity contribution in [1.29, 1.82) is 0 Å². The van der Waals surface area contributed by atoms with Crippen LogP contribution in [0.2, 0.25) is 5.02 Å². The lowest BCUT2D eigenvalue weighted by molar-refractivity contribution is 0.630. The Morgan fingerprint density at radius 3 is 2.83 bits per heavy atom. The quantitative estimate of drug-likeness (QED) is 0.671. The van der Waals surface area contributed by atoms with E-state index in [1.807, 2.05) is 23.8 Å². The molecule has 0 atom stereocenters. The van der Waals surface area contributed by atoms with E-state index in [1.165, 1.54) is 6.07 Å². The third-order valence-electron chi connectivity index (χ3n) is 2.75. The number of fused-ring (bicyclic) bond motifs is 1. The molecule has 2 aromatic heterocycles. The summed E-state index contributed by atoms with van der Waals surface area (Å²) in [5.74, 6) is 0.294. The van der Waals surface area contributed by atoms with Crippen LogP contribution < -0.4 is 0 Å². The largest absolute Gasteiger partial charge is 0.290 e. The Morgan fingerprint density at radius 1 is 1.28 bits per heavy atom. The second-order valence-corrected chi connectivity index (χ2v) is 4.43. The van der Waals surface area contributed by atoms with Gasteiger partial charge in [-0.3, -0.25) is 4.57 Å². The highest BCUT2D eigenvalue weighted by Gasteiger charge is 2.07. The maximum absolute atomic E-state index is 13.3. The van der Waals surface area contributed by atoms with Crippen LogP contribution in [0.1, 0.15) is 5.69 Å². The van der Waals surface area contributed by atoms with E-state index in [4.69, 9.17) is 11.6 Å². The number of hydrogen-bond acceptors (Lipinski definition) is 2. The van der Waals surface area contributed by atoms with Crippen LogP contribution in [0.3, 0.4) is 0 Å². The molecule has 0 bridgehead atoms. The highest BCUT2D eigenvalue weighted by atomic mass is 35.5. The Bertz CT molecular complexity index is 736. The van der Waals surface area contributed by atoms with E-state index in [1.54, 1.807) is 18.6 Å². The molecule has 3 rings (SSSR count). The highest BCUT2D eigenvalue weighted by molar-refractivity contribution is 6.35. The van der Waals surface area contributed by atoms with Gasteiger partial charge in [-0.15, -0.1) is 0 Å². The van der Waals surface area contributed by atoms with Crippen molar-refractivity contribution in [3.8, 4) is 5.82 Å². The Labute approximate surface area is 108 Å². The van der Waals surface area contributed by atoms with Crippen LogP contribution in [0, 0.1) is 12.7 Å². The normalized spacial score (nSPS) is 11.1. The minimum atomic E-state index is -0.433. The Morgan fingerprint density at radius 2 is 2.11 bits per heavy atom. The van der Waals surface area contributed by atoms with E-state index in [9.17, 15) is 4.39 Å². The summed E-state index contributed by atoms with van der Waals surface area (Å²) in [6.07, 6.45) is 5.14. The first-order chi connectivity index (χ1) is 8.65. The standard InChI is InChI=1S/C13H9ClFN3/c1-8-6-18(7-17-8)12-4-9-2-3-11(15)13(14)10(9)5-16-12/h2-7H,1H3. The van der Waals surface area contributed by atoms with Gasteiger partial charge in [-0.2, -0.15) is 0 Å². The van der Waals surface area contributed by atoms with Crippen molar-refractivity contribution in [2.45, 2.75) is 6.92 Å². The Balaban J connectivity index is 2.20. The number of aromatic nitrogens is 3. The topological polar surface area (TPSA) is 30.7 Å². The molecule has 0 aliphatic rings. The minimum Gasteiger partial charge on any atom is -0.290 e. The predicted molar refractivity (Wildman–Crippen MR) is 68.6 cm³/mol. The van der Waals surface area contributed by atoms with E-state index in [2.05, 4.69) is 9.97 Å². The van der Waals surface area contributed by atoms with Crippen molar-refractivity contribution in [2.75, 3.05) is 0 Å². The zero-order valence-electron chi connectivity index (χ0n) is 9.56. The minimum absolute atomic E-state index is 0.105. The summed E-state index contributed by atoms with van der Waals surface area (Å²) in [6.45, 7) is 1.91. The summed E-state index contributed by atoms with van der Waals surface area (Å²) in [6, 6.07) is 4.89. The van der Waals surface area contributed by atoms with Crippen LogP contribution in [0.4, 0.5) is 4.39 Å². The van der Waals surface area contributed by atoms with Crippen LogP contribution in [-0.2, 0) is 0 Å². The summed E-state index contributed by atoms with van der Waals surface area (Å²) in [5, 5.41) is 1.56. The molecule has 3 nitrogen and oxygen atoms in total. The number of halogens is 2. The van der Waals surface area contributed by atoms with Gasteiger partial charge >= 0.3 is 0 Å². The van der Waals surface area contributed by atoms with E-state index < -0.39 is 5.82 Å². The fourth-order valence-corrected chi connectivity index (χ4v) is 2.05. The fourth-order valence-electron chi connectivity index (χ4n) is 1.83. The maximum Gasteiger partial charge on any atom is 0.142 e. The summed E-state index contributed by atoms with van der Waals surface area (Å²) in [4.78, 5) is 8.41. The van der Waals surface area contributed by atoms with Crippen LogP contribution in [-0.4, -0.2) is 14.5 Å². The van der Waals surface area contributed by atoms with Gasteiger partial charge < -0.3 is 0 Å². The molecule has 0 saturated carbocycles. The molecule has 0 amide bonds. The van der Waals surface area contributed by atoms with Gasteiger partial charge in [0.05, 0.1) is 10.7 Å². The molecule has 0 unspecified atom stereocenters. The predicted octanol–water partition coefficient (Wildman–Crippen LogP) is 3.52. The van der Waals surface area contributed by atoms with Crippen molar-refractivity contribution in [3.63, 3.8) is 0 Å². The first kappa shape index (κ1) is 11.2. The zero-order valence-corrected chi connectivity index (χ0v) is 10.3. The lowest BCUT2D eigenvalue weighted by Gasteiger charge is -2.05. The molecule has 18 heavy (non-hydrogen) atoms. The molecule has 0 aliphatic heterocycles. The smallest absolute Gasteiger partial charge is 0.142 e. The van der Waals surface area contributed by atoms with Crippen molar-refractivity contribution in [1.82, 2.24) is 14.5 Å². The number of rotatable bonds is 1. The Kier molecular flexibility index (Phi) is 2.52. The van der Waals surface area contributed by atoms with Gasteiger partial charge in [-0.05, 0) is 24.4 Å². The van der Waals surface area contributed by atoms with Crippen LogP contribution in [0.15, 0.2) is 36.9 Å². The van der Waals surface area contributed by atoms with Crippen molar-refractivity contribution < 1.29 is 4.39 Å². The van der Waals surface area contributed by atoms with Crippen LogP contribution >= 0.6 is 11.6 Å². The van der Waals surface area contributed by atoms with Gasteiger partial charge in [0.1, 0.15) is 18.0 Å². The first-order valence-electron chi connectivity index (χ1n) is 5.40. The van der Waals surface area contributed by atoms with E-state index >= 15 is 0 Å². The Hall–Kier alpha value is -1.94. The summed E-state index contributed by atoms with van der Waals surface area (Å²) in [5.41, 5.74) is 0.911. The molecule has 0 N–H and O–H groups in total. The first-order valence-corrected chi connectivity index (χ1v) is 5.77. The highest BCUT2D eigenvalue weighted by Crippen LogP contribution is 2.26. The molecule has 0 radical (unpaired) electrons. The van der Waals surface area contributed by atoms with Gasteiger partial charge in [0, 0.05) is 17.8 Å². The lowest BCUT2D eigenvalue weighted by Crippen LogP contribution is -1.94. The lowest BCUT2D eigenvalue weighted by atomic mass is 10.1. The average molecular weight is 262 g/mol. The molecule has 0 saturated heterocycles. The van der Waals surface area contributed by atoms with Crippen LogP contribution in [0.25, 0.3) is 16.6 Å². The maximum atomic E-state index is 13.3. The van der Waals surface area contributed by atoms with Gasteiger partial charge in [-0.25, -0.2) is 14.4 Å². The van der Waals surface area contributed by atoms with E-state index in [-0.39, 0.29) is 5.02 Å². The number of hydrogen-bond donors (Lipinski definition) is 0. The van der Waals surface area contributed by atoms with E-state index in [0.29, 0.717) is 5.39 Å². The third-order valence-corrected chi connectivity index (χ3v) is 3.14. The molecule has 0 fully saturated rings. The average Bonchev–Trinajstić information content (AvgIpc) is 2.80. The monoisotopic (exact) mass is 261 g/mol. The van der Waals surface area contributed by atoms with E-state index in [0.717, 1.165) is 16.9 Å². The second-order valence-electron chi connectivity index (χ2n) is 4.05. The molecule has 5 heteroatoms. The molecule has 0 spiro atoms. The van der Waals surface area contributed by atoms with Crippen molar-refractivity contribution in [2.24, 2.45) is 0 Å². The summed E-state index contributed by atoms with van der Waals surface area (Å²) >= 11 is 5.89. The SMILES string of the molecule is Cc1cn(-c2cc3ccc(F)c(Cl)c3cn2)cn1. The van der Waals surface area contributed by atoms with Gasteiger partial charge in [-0.1, -0.05) is 17.7 Å². The molecule has 3 aromatic rings. The summed E-state index contributed by atoms with van der Waals surface area (Å²) in [7, 11) is 0. The number of benzene rings is 1. The zero-order chi connectivity index (χ0) is 12.7. The van der Waals surface area contributed by atoms with Gasteiger partial charge in [0.2, 0.25) is 0 Å². The molecule has 2 heterocycles. The number of pyridine rings is 1. The summed E-state index contributed by atoms with van der Waals surface area (Å²) < 4.78 is 15.1. The number of aryl methyl sites for hydroxylation is 1. The second kappa shape index (κ2) is 4.07. The number of imidazole rings is 1. The van der Waals surface area contributed by atoms with Crippen LogP contribution in [0.5, 0.6) is 0 Å².